The molecule has 1 aliphatic rings. The monoisotopic (exact) mass is 287 g/mol. The predicted octanol–water partition coefficient (Wildman–Crippen LogP) is 4.01. The van der Waals surface area contributed by atoms with Crippen LogP contribution in [0.25, 0.3) is 21.9 Å². The zero-order chi connectivity index (χ0) is 15.3. The molecule has 106 valence electrons. The van der Waals surface area contributed by atoms with Gasteiger partial charge in [-0.25, -0.2) is 0 Å². The van der Waals surface area contributed by atoms with Gasteiger partial charge in [0.15, 0.2) is 5.78 Å². The maximum atomic E-state index is 12.8. The Morgan fingerprint density at radius 1 is 0.864 bits per heavy atom. The van der Waals surface area contributed by atoms with Crippen LogP contribution in [-0.2, 0) is 4.79 Å². The van der Waals surface area contributed by atoms with Crippen LogP contribution in [-0.4, -0.2) is 11.7 Å². The number of hydrogen-bond acceptors (Lipinski definition) is 2. The summed E-state index contributed by atoms with van der Waals surface area (Å²) < 4.78 is 0. The van der Waals surface area contributed by atoms with Crippen molar-refractivity contribution in [3.63, 3.8) is 0 Å². The molecular formula is C19H13NO2. The lowest BCUT2D eigenvalue weighted by Gasteiger charge is -2.20. The standard InChI is InChI=1S/C19H13NO2/c1-11(21)20-13-9-12-5-4-8-15-14-6-2-3-7-16(14)19(22)17(10-13)18(12)15/h2-10H,1H3,(H,20,21). The van der Waals surface area contributed by atoms with Gasteiger partial charge in [-0.15, -0.1) is 0 Å². The molecule has 3 aromatic carbocycles. The van der Waals surface area contributed by atoms with E-state index in [9.17, 15) is 9.59 Å². The fourth-order valence-electron chi connectivity index (χ4n) is 3.17. The average Bonchev–Trinajstić information content (AvgIpc) is 2.51. The van der Waals surface area contributed by atoms with E-state index in [2.05, 4.69) is 5.32 Å². The summed E-state index contributed by atoms with van der Waals surface area (Å²) >= 11 is 0. The first-order valence-corrected chi connectivity index (χ1v) is 7.13. The number of anilines is 1. The molecule has 0 atom stereocenters. The molecule has 0 heterocycles. The van der Waals surface area contributed by atoms with Crippen molar-refractivity contribution in [1.29, 1.82) is 0 Å². The zero-order valence-corrected chi connectivity index (χ0v) is 12.0. The van der Waals surface area contributed by atoms with E-state index in [0.717, 1.165) is 21.9 Å². The van der Waals surface area contributed by atoms with Crippen molar-refractivity contribution in [2.75, 3.05) is 5.32 Å². The molecule has 0 saturated heterocycles. The van der Waals surface area contributed by atoms with E-state index in [0.29, 0.717) is 16.8 Å². The van der Waals surface area contributed by atoms with Crippen LogP contribution in [0.4, 0.5) is 5.69 Å². The van der Waals surface area contributed by atoms with Crippen LogP contribution in [0.1, 0.15) is 22.8 Å². The molecular weight excluding hydrogens is 274 g/mol. The molecule has 22 heavy (non-hydrogen) atoms. The van der Waals surface area contributed by atoms with Crippen molar-refractivity contribution >= 4 is 28.2 Å². The van der Waals surface area contributed by atoms with Gasteiger partial charge in [-0.05, 0) is 28.6 Å². The van der Waals surface area contributed by atoms with Gasteiger partial charge in [0.05, 0.1) is 0 Å². The third-order valence-electron chi connectivity index (χ3n) is 4.00. The number of amides is 1. The zero-order valence-electron chi connectivity index (χ0n) is 12.0. The number of nitrogens with one attached hydrogen (secondary N) is 1. The summed E-state index contributed by atoms with van der Waals surface area (Å²) in [6, 6.07) is 17.3. The van der Waals surface area contributed by atoms with Crippen LogP contribution < -0.4 is 5.32 Å². The Morgan fingerprint density at radius 2 is 1.59 bits per heavy atom. The second-order valence-electron chi connectivity index (χ2n) is 5.48. The van der Waals surface area contributed by atoms with Gasteiger partial charge in [-0.1, -0.05) is 42.5 Å². The highest BCUT2D eigenvalue weighted by Gasteiger charge is 2.25. The fourth-order valence-corrected chi connectivity index (χ4v) is 3.17. The summed E-state index contributed by atoms with van der Waals surface area (Å²) in [6.07, 6.45) is 0. The van der Waals surface area contributed by atoms with Gasteiger partial charge in [-0.3, -0.25) is 9.59 Å². The SMILES string of the molecule is CC(=O)Nc1cc2c3c(cccc3c1)-c1ccccc1C2=O. The number of carbonyl (C=O) groups excluding carboxylic acids is 2. The highest BCUT2D eigenvalue weighted by molar-refractivity contribution is 6.26. The minimum Gasteiger partial charge on any atom is -0.326 e. The van der Waals surface area contributed by atoms with Crippen molar-refractivity contribution < 1.29 is 9.59 Å². The third kappa shape index (κ3) is 1.76. The quantitative estimate of drug-likeness (QED) is 0.575. The van der Waals surface area contributed by atoms with Gasteiger partial charge in [-0.2, -0.15) is 0 Å². The molecule has 0 bridgehead atoms. The molecule has 1 aliphatic carbocycles. The Kier molecular flexibility index (Phi) is 2.63. The van der Waals surface area contributed by atoms with Gasteiger partial charge in [0.1, 0.15) is 0 Å². The van der Waals surface area contributed by atoms with E-state index in [1.165, 1.54) is 6.92 Å². The first-order valence-electron chi connectivity index (χ1n) is 7.13. The van der Waals surface area contributed by atoms with Gasteiger partial charge < -0.3 is 5.32 Å². The predicted molar refractivity (Wildman–Crippen MR) is 87.1 cm³/mol. The molecule has 0 spiro atoms. The second-order valence-corrected chi connectivity index (χ2v) is 5.48. The lowest BCUT2D eigenvalue weighted by atomic mass is 9.82. The second kappa shape index (κ2) is 4.53. The summed E-state index contributed by atoms with van der Waals surface area (Å²) in [4.78, 5) is 24.1. The van der Waals surface area contributed by atoms with Gasteiger partial charge in [0.2, 0.25) is 5.91 Å². The molecule has 0 radical (unpaired) electrons. The number of benzene rings is 3. The fraction of sp³-hybridized carbons (Fsp3) is 0.0526. The summed E-state index contributed by atoms with van der Waals surface area (Å²) in [5.74, 6) is -0.141. The summed E-state index contributed by atoms with van der Waals surface area (Å²) in [6.45, 7) is 1.46. The molecule has 0 aromatic heterocycles. The van der Waals surface area contributed by atoms with Crippen LogP contribution in [0, 0.1) is 0 Å². The number of rotatable bonds is 1. The maximum Gasteiger partial charge on any atom is 0.221 e. The lowest BCUT2D eigenvalue weighted by molar-refractivity contribution is -0.114. The normalized spacial score (nSPS) is 12.1. The van der Waals surface area contributed by atoms with Crippen molar-refractivity contribution in [3.05, 3.63) is 65.7 Å². The van der Waals surface area contributed by atoms with Gasteiger partial charge in [0, 0.05) is 29.1 Å². The number of carbonyl (C=O) groups is 2. The molecule has 3 aromatic rings. The lowest BCUT2D eigenvalue weighted by Crippen LogP contribution is -2.12. The van der Waals surface area contributed by atoms with Crippen LogP contribution in [0.5, 0.6) is 0 Å². The summed E-state index contributed by atoms with van der Waals surface area (Å²) in [5.41, 5.74) is 4.05. The van der Waals surface area contributed by atoms with E-state index < -0.39 is 0 Å². The van der Waals surface area contributed by atoms with Crippen molar-refractivity contribution in [3.8, 4) is 11.1 Å². The van der Waals surface area contributed by atoms with E-state index in [1.807, 2.05) is 48.5 Å². The highest BCUT2D eigenvalue weighted by Crippen LogP contribution is 2.40. The smallest absolute Gasteiger partial charge is 0.221 e. The number of ketones is 1. The first kappa shape index (κ1) is 12.8. The average molecular weight is 287 g/mol. The Bertz CT molecular complexity index is 957. The van der Waals surface area contributed by atoms with Crippen molar-refractivity contribution in [1.82, 2.24) is 0 Å². The maximum absolute atomic E-state index is 12.8. The molecule has 0 unspecified atom stereocenters. The Morgan fingerprint density at radius 3 is 2.36 bits per heavy atom. The molecule has 1 N–H and O–H groups in total. The van der Waals surface area contributed by atoms with Gasteiger partial charge in [0.25, 0.3) is 0 Å². The molecule has 3 heteroatoms. The summed E-state index contributed by atoms with van der Waals surface area (Å²) in [7, 11) is 0. The molecule has 1 amide bonds. The number of hydrogen-bond donors (Lipinski definition) is 1. The Labute approximate surface area is 127 Å². The van der Waals surface area contributed by atoms with E-state index in [1.54, 1.807) is 6.07 Å². The first-order chi connectivity index (χ1) is 10.6. The number of fused-ring (bicyclic) bond motifs is 2. The van der Waals surface area contributed by atoms with E-state index in [-0.39, 0.29) is 11.7 Å². The minimum atomic E-state index is -0.147. The largest absolute Gasteiger partial charge is 0.326 e. The van der Waals surface area contributed by atoms with E-state index in [4.69, 9.17) is 0 Å². The van der Waals surface area contributed by atoms with Crippen LogP contribution in [0.2, 0.25) is 0 Å². The summed E-state index contributed by atoms with van der Waals surface area (Å²) in [5, 5.41) is 4.69. The Hall–Kier alpha value is -2.94. The van der Waals surface area contributed by atoms with Gasteiger partial charge >= 0.3 is 0 Å². The topological polar surface area (TPSA) is 46.2 Å². The van der Waals surface area contributed by atoms with Crippen molar-refractivity contribution in [2.24, 2.45) is 0 Å². The molecule has 0 fully saturated rings. The van der Waals surface area contributed by atoms with Crippen LogP contribution >= 0.6 is 0 Å². The Balaban J connectivity index is 2.09. The van der Waals surface area contributed by atoms with E-state index >= 15 is 0 Å². The molecule has 0 aliphatic heterocycles. The van der Waals surface area contributed by atoms with Crippen LogP contribution in [0.3, 0.4) is 0 Å². The minimum absolute atomic E-state index is 0.00602. The third-order valence-corrected chi connectivity index (χ3v) is 4.00. The molecule has 3 nitrogen and oxygen atoms in total. The van der Waals surface area contributed by atoms with Crippen LogP contribution in [0.15, 0.2) is 54.6 Å². The van der Waals surface area contributed by atoms with Crippen molar-refractivity contribution in [2.45, 2.75) is 6.92 Å². The molecule has 4 rings (SSSR count). The highest BCUT2D eigenvalue weighted by atomic mass is 16.1. The molecule has 0 saturated carbocycles.